The first-order chi connectivity index (χ1) is 9.60. The normalized spacial score (nSPS) is 23.1. The van der Waals surface area contributed by atoms with Crippen LogP contribution in [0.3, 0.4) is 0 Å². The van der Waals surface area contributed by atoms with Crippen molar-refractivity contribution in [3.05, 3.63) is 28.1 Å². The van der Waals surface area contributed by atoms with Crippen molar-refractivity contribution in [1.29, 1.82) is 5.26 Å². The molecule has 106 valence electrons. The van der Waals surface area contributed by atoms with E-state index in [1.807, 2.05) is 6.07 Å². The zero-order chi connectivity index (χ0) is 14.5. The van der Waals surface area contributed by atoms with Crippen LogP contribution in [0.1, 0.15) is 38.4 Å². The van der Waals surface area contributed by atoms with Crippen molar-refractivity contribution < 1.29 is 9.21 Å². The molecule has 2 rings (SSSR count). The third-order valence-electron chi connectivity index (χ3n) is 3.67. The van der Waals surface area contributed by atoms with Crippen LogP contribution in [-0.4, -0.2) is 11.9 Å². The van der Waals surface area contributed by atoms with Crippen molar-refractivity contribution in [2.75, 3.05) is 0 Å². The molecule has 1 N–H and O–H groups in total. The first-order valence-electron chi connectivity index (χ1n) is 6.78. The number of hydrogen-bond acceptors (Lipinski definition) is 3. The Morgan fingerprint density at radius 1 is 1.50 bits per heavy atom. The maximum Gasteiger partial charge on any atom is 0.262 e. The molecule has 0 aromatic carbocycles. The van der Waals surface area contributed by atoms with E-state index in [1.165, 1.54) is 12.5 Å². The highest BCUT2D eigenvalue weighted by Gasteiger charge is 2.24. The minimum atomic E-state index is -0.321. The van der Waals surface area contributed by atoms with Gasteiger partial charge in [-0.05, 0) is 46.8 Å². The Labute approximate surface area is 127 Å². The van der Waals surface area contributed by atoms with Crippen LogP contribution in [0, 0.1) is 17.2 Å². The lowest BCUT2D eigenvalue weighted by atomic mass is 9.86. The number of halogens is 1. The van der Waals surface area contributed by atoms with E-state index in [4.69, 9.17) is 9.68 Å². The van der Waals surface area contributed by atoms with E-state index in [2.05, 4.69) is 28.2 Å². The molecule has 4 nitrogen and oxygen atoms in total. The molecule has 5 heteroatoms. The summed E-state index contributed by atoms with van der Waals surface area (Å²) >= 11 is 3.19. The molecule has 0 spiro atoms. The standard InChI is InChI=1S/C15H17BrN2O2/c1-10-4-2-3-5-13(10)18-15(19)11(9-17)8-12-6-7-14(16)20-12/h6-8,10,13H,2-5H2,1H3,(H,18,19)/b11-8+/t10-,13-/m0/s1. The average molecular weight is 337 g/mol. The topological polar surface area (TPSA) is 66.0 Å². The fraction of sp³-hybridized carbons (Fsp3) is 0.467. The van der Waals surface area contributed by atoms with E-state index in [-0.39, 0.29) is 17.5 Å². The molecule has 1 aromatic heterocycles. The predicted molar refractivity (Wildman–Crippen MR) is 79.6 cm³/mol. The Balaban J connectivity index is 2.06. The smallest absolute Gasteiger partial charge is 0.262 e. The van der Waals surface area contributed by atoms with Gasteiger partial charge in [0, 0.05) is 12.1 Å². The van der Waals surface area contributed by atoms with Crippen molar-refractivity contribution in [3.63, 3.8) is 0 Å². The van der Waals surface area contributed by atoms with Gasteiger partial charge in [0.25, 0.3) is 5.91 Å². The summed E-state index contributed by atoms with van der Waals surface area (Å²) in [5, 5.41) is 12.1. The Morgan fingerprint density at radius 3 is 2.85 bits per heavy atom. The minimum Gasteiger partial charge on any atom is -0.450 e. The molecular weight excluding hydrogens is 320 g/mol. The summed E-state index contributed by atoms with van der Waals surface area (Å²) in [5.74, 6) is 0.629. The maximum atomic E-state index is 12.1. The third-order valence-corrected chi connectivity index (χ3v) is 4.10. The van der Waals surface area contributed by atoms with Gasteiger partial charge < -0.3 is 9.73 Å². The Morgan fingerprint density at radius 2 is 2.25 bits per heavy atom. The molecule has 1 aliphatic rings. The van der Waals surface area contributed by atoms with Crippen LogP contribution in [0.5, 0.6) is 0 Å². The predicted octanol–water partition coefficient (Wildman–Crippen LogP) is 3.64. The molecule has 0 saturated heterocycles. The minimum absolute atomic E-state index is 0.0737. The summed E-state index contributed by atoms with van der Waals surface area (Å²) in [4.78, 5) is 12.1. The number of rotatable bonds is 3. The van der Waals surface area contributed by atoms with Crippen molar-refractivity contribution >= 4 is 27.9 Å². The number of nitrogens with one attached hydrogen (secondary N) is 1. The summed E-state index contributed by atoms with van der Waals surface area (Å²) in [6.07, 6.45) is 5.92. The van der Waals surface area contributed by atoms with Crippen LogP contribution in [0.4, 0.5) is 0 Å². The first kappa shape index (κ1) is 14.9. The Kier molecular flexibility index (Phi) is 5.02. The summed E-state index contributed by atoms with van der Waals surface area (Å²) in [6, 6.07) is 5.53. The monoisotopic (exact) mass is 336 g/mol. The van der Waals surface area contributed by atoms with E-state index < -0.39 is 0 Å². The number of nitriles is 1. The highest BCUT2D eigenvalue weighted by Crippen LogP contribution is 2.24. The van der Waals surface area contributed by atoms with Crippen LogP contribution < -0.4 is 5.32 Å². The van der Waals surface area contributed by atoms with Gasteiger partial charge in [-0.2, -0.15) is 5.26 Å². The second-order valence-corrected chi connectivity index (χ2v) is 5.93. The SMILES string of the molecule is C[C@H]1CCCC[C@@H]1NC(=O)/C(C#N)=C/c1ccc(Br)o1. The molecule has 1 aromatic rings. The fourth-order valence-corrected chi connectivity index (χ4v) is 2.79. The van der Waals surface area contributed by atoms with Crippen LogP contribution in [0.25, 0.3) is 6.08 Å². The Bertz CT molecular complexity index is 556. The van der Waals surface area contributed by atoms with Crippen molar-refractivity contribution in [2.45, 2.75) is 38.6 Å². The fourth-order valence-electron chi connectivity index (χ4n) is 2.47. The summed E-state index contributed by atoms with van der Waals surface area (Å²) in [7, 11) is 0. The molecule has 2 atom stereocenters. The van der Waals surface area contributed by atoms with E-state index >= 15 is 0 Å². The summed E-state index contributed by atoms with van der Waals surface area (Å²) in [6.45, 7) is 2.14. The largest absolute Gasteiger partial charge is 0.450 e. The highest BCUT2D eigenvalue weighted by atomic mass is 79.9. The van der Waals surface area contributed by atoms with Crippen molar-refractivity contribution in [2.24, 2.45) is 5.92 Å². The zero-order valence-corrected chi connectivity index (χ0v) is 12.9. The molecule has 0 radical (unpaired) electrons. The van der Waals surface area contributed by atoms with Crippen LogP contribution in [0.2, 0.25) is 0 Å². The van der Waals surface area contributed by atoms with Gasteiger partial charge in [-0.1, -0.05) is 19.8 Å². The van der Waals surface area contributed by atoms with Crippen molar-refractivity contribution in [3.8, 4) is 6.07 Å². The van der Waals surface area contributed by atoms with Gasteiger partial charge in [-0.15, -0.1) is 0 Å². The van der Waals surface area contributed by atoms with Crippen LogP contribution >= 0.6 is 15.9 Å². The maximum absolute atomic E-state index is 12.1. The van der Waals surface area contributed by atoms with Gasteiger partial charge in [0.1, 0.15) is 17.4 Å². The summed E-state index contributed by atoms with van der Waals surface area (Å²) < 4.78 is 5.86. The van der Waals surface area contributed by atoms with Crippen LogP contribution in [-0.2, 0) is 4.79 Å². The van der Waals surface area contributed by atoms with Gasteiger partial charge >= 0.3 is 0 Å². The number of hydrogen-bond donors (Lipinski definition) is 1. The molecule has 1 heterocycles. The molecule has 0 bridgehead atoms. The quantitative estimate of drug-likeness (QED) is 0.676. The molecule has 1 saturated carbocycles. The average Bonchev–Trinajstić information content (AvgIpc) is 2.84. The molecular formula is C15H17BrN2O2. The number of nitrogens with zero attached hydrogens (tertiary/aromatic N) is 1. The van der Waals surface area contributed by atoms with E-state index in [1.54, 1.807) is 12.1 Å². The third kappa shape index (κ3) is 3.73. The van der Waals surface area contributed by atoms with Gasteiger partial charge in [0.05, 0.1) is 0 Å². The van der Waals surface area contributed by atoms with Gasteiger partial charge in [-0.3, -0.25) is 4.79 Å². The number of amides is 1. The van der Waals surface area contributed by atoms with E-state index in [0.29, 0.717) is 16.3 Å². The summed E-state index contributed by atoms with van der Waals surface area (Å²) in [5.41, 5.74) is 0.0737. The van der Waals surface area contributed by atoms with Crippen LogP contribution in [0.15, 0.2) is 26.8 Å². The number of furan rings is 1. The molecule has 20 heavy (non-hydrogen) atoms. The van der Waals surface area contributed by atoms with Gasteiger partial charge in [0.15, 0.2) is 4.67 Å². The van der Waals surface area contributed by atoms with Gasteiger partial charge in [0.2, 0.25) is 0 Å². The van der Waals surface area contributed by atoms with Gasteiger partial charge in [-0.25, -0.2) is 0 Å². The molecule has 0 aliphatic heterocycles. The molecule has 1 fully saturated rings. The molecule has 0 unspecified atom stereocenters. The lowest BCUT2D eigenvalue weighted by Crippen LogP contribution is -2.41. The lowest BCUT2D eigenvalue weighted by molar-refractivity contribution is -0.118. The second kappa shape index (κ2) is 6.76. The van der Waals surface area contributed by atoms with E-state index in [9.17, 15) is 4.79 Å². The van der Waals surface area contributed by atoms with E-state index in [0.717, 1.165) is 19.3 Å². The second-order valence-electron chi connectivity index (χ2n) is 5.15. The number of carbonyl (C=O) groups excluding carboxylic acids is 1. The van der Waals surface area contributed by atoms with Crippen molar-refractivity contribution in [1.82, 2.24) is 5.32 Å². The lowest BCUT2D eigenvalue weighted by Gasteiger charge is -2.29. The first-order valence-corrected chi connectivity index (χ1v) is 7.57. The molecule has 1 aliphatic carbocycles. The zero-order valence-electron chi connectivity index (χ0n) is 11.4. The molecule has 1 amide bonds. The highest BCUT2D eigenvalue weighted by molar-refractivity contribution is 9.10. The Hall–Kier alpha value is -1.54. The number of carbonyl (C=O) groups is 1.